The highest BCUT2D eigenvalue weighted by Gasteiger charge is 2.19. The minimum Gasteiger partial charge on any atom is -0.493 e. The third-order valence-electron chi connectivity index (χ3n) is 3.90. The highest BCUT2D eigenvalue weighted by Crippen LogP contribution is 2.40. The quantitative estimate of drug-likeness (QED) is 0.795. The Bertz CT molecular complexity index is 853. The van der Waals surface area contributed by atoms with E-state index in [1.54, 1.807) is 12.1 Å². The van der Waals surface area contributed by atoms with Crippen LogP contribution in [0.25, 0.3) is 6.08 Å². The Morgan fingerprint density at radius 3 is 2.38 bits per heavy atom. The lowest BCUT2D eigenvalue weighted by Gasteiger charge is -2.19. The standard InChI is InChI=1S/C19H18BrNO5/c1-23-16-8-14(9-17(24-2)18(16)25-3)21-19(22)12-6-11-7-13(20)4-5-15(11)26-10-12/h4-9H,10H2,1-3H3,(H,21,22). The molecule has 1 heterocycles. The summed E-state index contributed by atoms with van der Waals surface area (Å²) in [5.41, 5.74) is 1.90. The molecule has 0 unspecified atom stereocenters. The molecule has 26 heavy (non-hydrogen) atoms. The lowest BCUT2D eigenvalue weighted by atomic mass is 10.1. The number of benzene rings is 2. The van der Waals surface area contributed by atoms with Crippen LogP contribution in [-0.2, 0) is 4.79 Å². The van der Waals surface area contributed by atoms with Gasteiger partial charge in [-0.05, 0) is 24.3 Å². The maximum atomic E-state index is 12.6. The van der Waals surface area contributed by atoms with Crippen molar-refractivity contribution in [2.45, 2.75) is 0 Å². The van der Waals surface area contributed by atoms with Gasteiger partial charge >= 0.3 is 0 Å². The molecule has 1 aliphatic heterocycles. The topological polar surface area (TPSA) is 66.0 Å². The second-order valence-electron chi connectivity index (χ2n) is 5.51. The number of hydrogen-bond acceptors (Lipinski definition) is 5. The van der Waals surface area contributed by atoms with Crippen molar-refractivity contribution in [1.82, 2.24) is 0 Å². The fourth-order valence-electron chi connectivity index (χ4n) is 2.64. The van der Waals surface area contributed by atoms with Gasteiger partial charge in [0, 0.05) is 27.9 Å². The van der Waals surface area contributed by atoms with E-state index in [2.05, 4.69) is 21.2 Å². The number of carbonyl (C=O) groups is 1. The van der Waals surface area contributed by atoms with Gasteiger partial charge in [-0.15, -0.1) is 0 Å². The van der Waals surface area contributed by atoms with Crippen molar-refractivity contribution in [2.24, 2.45) is 0 Å². The molecular formula is C19H18BrNO5. The highest BCUT2D eigenvalue weighted by molar-refractivity contribution is 9.10. The van der Waals surface area contributed by atoms with E-state index < -0.39 is 0 Å². The Morgan fingerprint density at radius 2 is 1.77 bits per heavy atom. The van der Waals surface area contributed by atoms with Gasteiger partial charge in [0.1, 0.15) is 12.4 Å². The molecule has 0 atom stereocenters. The summed E-state index contributed by atoms with van der Waals surface area (Å²) in [5, 5.41) is 2.84. The largest absolute Gasteiger partial charge is 0.493 e. The molecule has 2 aromatic rings. The van der Waals surface area contributed by atoms with Crippen LogP contribution in [-0.4, -0.2) is 33.8 Å². The lowest BCUT2D eigenvalue weighted by molar-refractivity contribution is -0.113. The zero-order valence-corrected chi connectivity index (χ0v) is 16.2. The normalized spacial score (nSPS) is 12.4. The number of carbonyl (C=O) groups excluding carboxylic acids is 1. The minimum atomic E-state index is -0.259. The SMILES string of the molecule is COc1cc(NC(=O)C2=Cc3cc(Br)ccc3OC2)cc(OC)c1OC. The summed E-state index contributed by atoms with van der Waals surface area (Å²) >= 11 is 3.42. The van der Waals surface area contributed by atoms with E-state index in [1.165, 1.54) is 21.3 Å². The molecule has 0 spiro atoms. The molecule has 0 fully saturated rings. The van der Waals surface area contributed by atoms with E-state index in [0.717, 1.165) is 15.8 Å². The van der Waals surface area contributed by atoms with Gasteiger partial charge in [0.15, 0.2) is 11.5 Å². The maximum Gasteiger partial charge on any atom is 0.255 e. The van der Waals surface area contributed by atoms with Crippen molar-refractivity contribution >= 4 is 33.6 Å². The van der Waals surface area contributed by atoms with Crippen LogP contribution in [0.2, 0.25) is 0 Å². The Morgan fingerprint density at radius 1 is 1.08 bits per heavy atom. The summed E-state index contributed by atoms with van der Waals surface area (Å²) in [4.78, 5) is 12.6. The first-order valence-electron chi connectivity index (χ1n) is 7.80. The molecule has 0 bridgehead atoms. The molecule has 6 nitrogen and oxygen atoms in total. The second-order valence-corrected chi connectivity index (χ2v) is 6.42. The number of halogens is 1. The average molecular weight is 420 g/mol. The highest BCUT2D eigenvalue weighted by atomic mass is 79.9. The lowest BCUT2D eigenvalue weighted by Crippen LogP contribution is -2.21. The van der Waals surface area contributed by atoms with Crippen molar-refractivity contribution in [2.75, 3.05) is 33.3 Å². The third-order valence-corrected chi connectivity index (χ3v) is 4.39. The first-order valence-corrected chi connectivity index (χ1v) is 8.59. The van der Waals surface area contributed by atoms with E-state index in [-0.39, 0.29) is 12.5 Å². The Labute approximate surface area is 159 Å². The van der Waals surface area contributed by atoms with Gasteiger partial charge in [0.25, 0.3) is 5.91 Å². The number of methoxy groups -OCH3 is 3. The molecule has 0 radical (unpaired) electrons. The van der Waals surface area contributed by atoms with Crippen LogP contribution < -0.4 is 24.3 Å². The molecule has 1 aliphatic rings. The molecule has 3 rings (SSSR count). The molecule has 0 aliphatic carbocycles. The van der Waals surface area contributed by atoms with Crippen molar-refractivity contribution in [3.63, 3.8) is 0 Å². The fraction of sp³-hybridized carbons (Fsp3) is 0.211. The predicted molar refractivity (Wildman–Crippen MR) is 102 cm³/mol. The summed E-state index contributed by atoms with van der Waals surface area (Å²) in [6, 6.07) is 9.01. The molecule has 136 valence electrons. The first kappa shape index (κ1) is 18.1. The predicted octanol–water partition coefficient (Wildman–Crippen LogP) is 3.89. The average Bonchev–Trinajstić information content (AvgIpc) is 2.66. The number of ether oxygens (including phenoxy) is 4. The van der Waals surface area contributed by atoms with Gasteiger partial charge in [0.05, 0.1) is 26.9 Å². The number of nitrogens with one attached hydrogen (secondary N) is 1. The van der Waals surface area contributed by atoms with Gasteiger partial charge in [-0.2, -0.15) is 0 Å². The van der Waals surface area contributed by atoms with Crippen LogP contribution in [0.1, 0.15) is 5.56 Å². The molecule has 7 heteroatoms. The second kappa shape index (κ2) is 7.70. The number of rotatable bonds is 5. The molecule has 0 saturated heterocycles. The molecule has 0 aromatic heterocycles. The maximum absolute atomic E-state index is 12.6. The third kappa shape index (κ3) is 3.62. The van der Waals surface area contributed by atoms with Gasteiger partial charge in [0.2, 0.25) is 5.75 Å². The van der Waals surface area contributed by atoms with Gasteiger partial charge in [-0.1, -0.05) is 15.9 Å². The molecule has 1 N–H and O–H groups in total. The molecular weight excluding hydrogens is 402 g/mol. The van der Waals surface area contributed by atoms with E-state index in [0.29, 0.717) is 28.5 Å². The van der Waals surface area contributed by atoms with Crippen LogP contribution in [0.4, 0.5) is 5.69 Å². The zero-order valence-electron chi connectivity index (χ0n) is 14.6. The molecule has 0 saturated carbocycles. The molecule has 1 amide bonds. The Balaban J connectivity index is 1.86. The van der Waals surface area contributed by atoms with Crippen molar-refractivity contribution in [3.05, 3.63) is 45.9 Å². The summed E-state index contributed by atoms with van der Waals surface area (Å²) < 4.78 is 22.5. The monoisotopic (exact) mass is 419 g/mol. The van der Waals surface area contributed by atoms with Crippen LogP contribution in [0.3, 0.4) is 0 Å². The summed E-state index contributed by atoms with van der Waals surface area (Å²) in [7, 11) is 4.57. The van der Waals surface area contributed by atoms with Crippen molar-refractivity contribution < 1.29 is 23.7 Å². The van der Waals surface area contributed by atoms with E-state index in [1.807, 2.05) is 24.3 Å². The first-order chi connectivity index (χ1) is 12.5. The van der Waals surface area contributed by atoms with Crippen LogP contribution in [0.15, 0.2) is 40.4 Å². The smallest absolute Gasteiger partial charge is 0.255 e. The van der Waals surface area contributed by atoms with Crippen molar-refractivity contribution in [3.8, 4) is 23.0 Å². The fourth-order valence-corrected chi connectivity index (χ4v) is 3.02. The molecule has 2 aromatic carbocycles. The summed E-state index contributed by atoms with van der Waals surface area (Å²) in [6.07, 6.45) is 1.82. The van der Waals surface area contributed by atoms with E-state index in [9.17, 15) is 4.79 Å². The van der Waals surface area contributed by atoms with Crippen LogP contribution in [0, 0.1) is 0 Å². The minimum absolute atomic E-state index is 0.199. The Kier molecular flexibility index (Phi) is 5.37. The summed E-state index contributed by atoms with van der Waals surface area (Å²) in [6.45, 7) is 0.199. The van der Waals surface area contributed by atoms with Gasteiger partial charge in [-0.25, -0.2) is 0 Å². The van der Waals surface area contributed by atoms with E-state index in [4.69, 9.17) is 18.9 Å². The number of hydrogen-bond donors (Lipinski definition) is 1. The van der Waals surface area contributed by atoms with Crippen LogP contribution >= 0.6 is 15.9 Å². The van der Waals surface area contributed by atoms with E-state index >= 15 is 0 Å². The van der Waals surface area contributed by atoms with Crippen LogP contribution in [0.5, 0.6) is 23.0 Å². The number of fused-ring (bicyclic) bond motifs is 1. The van der Waals surface area contributed by atoms with Gasteiger partial charge in [-0.3, -0.25) is 4.79 Å². The van der Waals surface area contributed by atoms with Crippen molar-refractivity contribution in [1.29, 1.82) is 0 Å². The summed E-state index contributed by atoms with van der Waals surface area (Å²) in [5.74, 6) is 1.88. The number of anilines is 1. The zero-order chi connectivity index (χ0) is 18.7. The van der Waals surface area contributed by atoms with Gasteiger partial charge < -0.3 is 24.3 Å². The Hall–Kier alpha value is -2.67. The number of amides is 1.